The number of sulfone groups is 2. The maximum absolute atomic E-state index is 11.2. The Morgan fingerprint density at radius 2 is 1.62 bits per heavy atom. The first-order chi connectivity index (χ1) is 5.65. The molecule has 0 aromatic heterocycles. The number of rotatable bonds is 5. The summed E-state index contributed by atoms with van der Waals surface area (Å²) in [5.41, 5.74) is 0. The van der Waals surface area contributed by atoms with Gasteiger partial charge in [-0.25, -0.2) is 16.8 Å². The highest BCUT2D eigenvalue weighted by atomic mass is 32.2. The lowest BCUT2D eigenvalue weighted by molar-refractivity contribution is 0.586. The van der Waals surface area contributed by atoms with Crippen LogP contribution in [0.5, 0.6) is 0 Å². The lowest BCUT2D eigenvalue weighted by Gasteiger charge is -2.05. The van der Waals surface area contributed by atoms with Gasteiger partial charge in [-0.3, -0.25) is 0 Å². The third-order valence-corrected chi connectivity index (χ3v) is 4.62. The van der Waals surface area contributed by atoms with Crippen LogP contribution in [0, 0.1) is 5.75 Å². The Bertz CT molecular complexity index is 337. The fraction of sp³-hybridized carbons (Fsp3) is 0.857. The zero-order valence-electron chi connectivity index (χ0n) is 8.02. The zero-order chi connectivity index (χ0) is 10.7. The Balaban J connectivity index is 4.07. The molecular formula is C7H15O4S2. The molecule has 0 bridgehead atoms. The predicted molar refractivity (Wildman–Crippen MR) is 52.7 cm³/mol. The maximum atomic E-state index is 11.2. The molecule has 0 aromatic carbocycles. The molecule has 6 heteroatoms. The van der Waals surface area contributed by atoms with Crippen LogP contribution in [0.25, 0.3) is 0 Å². The van der Waals surface area contributed by atoms with Crippen LogP contribution >= 0.6 is 0 Å². The van der Waals surface area contributed by atoms with Gasteiger partial charge in [0.15, 0.2) is 19.7 Å². The first-order valence-corrected chi connectivity index (χ1v) is 7.57. The Morgan fingerprint density at radius 1 is 1.15 bits per heavy atom. The summed E-state index contributed by atoms with van der Waals surface area (Å²) < 4.78 is 43.7. The summed E-state index contributed by atoms with van der Waals surface area (Å²) in [5, 5.41) is -0.444. The van der Waals surface area contributed by atoms with Gasteiger partial charge < -0.3 is 0 Å². The van der Waals surface area contributed by atoms with Crippen LogP contribution in [-0.4, -0.2) is 34.1 Å². The van der Waals surface area contributed by atoms with E-state index in [1.165, 1.54) is 0 Å². The Morgan fingerprint density at radius 3 is 1.92 bits per heavy atom. The summed E-state index contributed by atoms with van der Waals surface area (Å²) in [6, 6.07) is 0. The van der Waals surface area contributed by atoms with E-state index in [2.05, 4.69) is 0 Å². The fourth-order valence-corrected chi connectivity index (χ4v) is 2.28. The molecule has 0 spiro atoms. The average molecular weight is 227 g/mol. The molecule has 4 nitrogen and oxygen atoms in total. The topological polar surface area (TPSA) is 68.3 Å². The quantitative estimate of drug-likeness (QED) is 0.682. The van der Waals surface area contributed by atoms with Crippen molar-refractivity contribution in [1.29, 1.82) is 0 Å². The molecule has 1 radical (unpaired) electrons. The molecule has 0 rings (SSSR count). The van der Waals surface area contributed by atoms with Gasteiger partial charge in [-0.15, -0.1) is 0 Å². The van der Waals surface area contributed by atoms with Crippen LogP contribution in [0.1, 0.15) is 20.3 Å². The van der Waals surface area contributed by atoms with Gasteiger partial charge in [0.1, 0.15) is 0 Å². The van der Waals surface area contributed by atoms with Gasteiger partial charge >= 0.3 is 0 Å². The van der Waals surface area contributed by atoms with E-state index in [9.17, 15) is 16.8 Å². The first kappa shape index (κ1) is 12.9. The van der Waals surface area contributed by atoms with E-state index in [0.717, 1.165) is 12.0 Å². The van der Waals surface area contributed by atoms with E-state index in [1.54, 1.807) is 13.8 Å². The van der Waals surface area contributed by atoms with E-state index in [-0.39, 0.29) is 12.2 Å². The molecule has 0 aromatic rings. The third kappa shape index (κ3) is 6.04. The van der Waals surface area contributed by atoms with Crippen LogP contribution in [0.4, 0.5) is 0 Å². The largest absolute Gasteiger partial charge is 0.229 e. The Labute approximate surface area is 80.2 Å². The summed E-state index contributed by atoms with van der Waals surface area (Å²) in [4.78, 5) is 0. The first-order valence-electron chi connectivity index (χ1n) is 3.90. The molecular weight excluding hydrogens is 212 g/mol. The summed E-state index contributed by atoms with van der Waals surface area (Å²) in [7, 11) is -6.28. The number of hydrogen-bond donors (Lipinski definition) is 0. The van der Waals surface area contributed by atoms with E-state index in [4.69, 9.17) is 0 Å². The highest BCUT2D eigenvalue weighted by molar-refractivity contribution is 7.93. The minimum absolute atomic E-state index is 0.0688. The number of hydrogen-bond acceptors (Lipinski definition) is 4. The van der Waals surface area contributed by atoms with E-state index in [1.807, 2.05) is 0 Å². The van der Waals surface area contributed by atoms with E-state index >= 15 is 0 Å². The van der Waals surface area contributed by atoms with Gasteiger partial charge in [0.25, 0.3) is 0 Å². The van der Waals surface area contributed by atoms with Crippen LogP contribution < -0.4 is 0 Å². The second-order valence-corrected chi connectivity index (χ2v) is 7.87. The second-order valence-electron chi connectivity index (χ2n) is 3.20. The second kappa shape index (κ2) is 4.41. The summed E-state index contributed by atoms with van der Waals surface area (Å²) in [6.45, 7) is 3.16. The molecule has 0 amide bonds. The smallest absolute Gasteiger partial charge is 0.152 e. The SMILES string of the molecule is CC(C)S(=O)(=O)CC[CH]S(C)(=O)=O. The molecule has 79 valence electrons. The molecule has 0 aliphatic carbocycles. The molecule has 0 saturated heterocycles. The summed E-state index contributed by atoms with van der Waals surface area (Å²) in [5.74, 6) is 0.935. The van der Waals surface area contributed by atoms with Crippen LogP contribution in [-0.2, 0) is 19.7 Å². The molecule has 0 aliphatic heterocycles. The molecule has 0 aliphatic rings. The van der Waals surface area contributed by atoms with Gasteiger partial charge in [0.05, 0.1) is 16.8 Å². The normalized spacial score (nSPS) is 13.5. The minimum atomic E-state index is -3.16. The molecule has 0 N–H and O–H groups in total. The molecule has 0 saturated carbocycles. The van der Waals surface area contributed by atoms with Gasteiger partial charge in [0, 0.05) is 6.26 Å². The van der Waals surface area contributed by atoms with Crippen molar-refractivity contribution in [3.05, 3.63) is 5.75 Å². The van der Waals surface area contributed by atoms with Crippen LogP contribution in [0.15, 0.2) is 0 Å². The predicted octanol–water partition coefficient (Wildman–Crippen LogP) is 0.406. The highest BCUT2D eigenvalue weighted by Gasteiger charge is 2.16. The zero-order valence-corrected chi connectivity index (χ0v) is 9.65. The van der Waals surface area contributed by atoms with Crippen molar-refractivity contribution in [3.8, 4) is 0 Å². The van der Waals surface area contributed by atoms with Crippen molar-refractivity contribution < 1.29 is 16.8 Å². The Hall–Kier alpha value is -0.100. The van der Waals surface area contributed by atoms with Gasteiger partial charge in [-0.2, -0.15) is 0 Å². The molecule has 0 heterocycles. The van der Waals surface area contributed by atoms with Crippen LogP contribution in [0.3, 0.4) is 0 Å². The fourth-order valence-electron chi connectivity index (χ4n) is 0.662. The van der Waals surface area contributed by atoms with Crippen molar-refractivity contribution in [2.24, 2.45) is 0 Å². The standard InChI is InChI=1S/C7H15O4S2/c1-7(2)13(10,11)6-4-5-12(3,8)9/h5,7H,4,6H2,1-3H3. The lowest BCUT2D eigenvalue weighted by atomic mass is 10.6. The van der Waals surface area contributed by atoms with Gasteiger partial charge in [0.2, 0.25) is 0 Å². The highest BCUT2D eigenvalue weighted by Crippen LogP contribution is 2.05. The minimum Gasteiger partial charge on any atom is -0.229 e. The molecule has 13 heavy (non-hydrogen) atoms. The van der Waals surface area contributed by atoms with Crippen molar-refractivity contribution in [3.63, 3.8) is 0 Å². The maximum Gasteiger partial charge on any atom is 0.152 e. The molecule has 0 unspecified atom stereocenters. The Kier molecular flexibility index (Phi) is 4.38. The van der Waals surface area contributed by atoms with Crippen molar-refractivity contribution >= 4 is 19.7 Å². The van der Waals surface area contributed by atoms with E-state index in [0.29, 0.717) is 0 Å². The van der Waals surface area contributed by atoms with Gasteiger partial charge in [-0.05, 0) is 20.3 Å². The van der Waals surface area contributed by atoms with Crippen molar-refractivity contribution in [2.75, 3.05) is 12.0 Å². The molecule has 0 fully saturated rings. The van der Waals surface area contributed by atoms with Gasteiger partial charge in [-0.1, -0.05) is 0 Å². The molecule has 0 atom stereocenters. The summed E-state index contributed by atoms with van der Waals surface area (Å²) >= 11 is 0. The van der Waals surface area contributed by atoms with Crippen LogP contribution in [0.2, 0.25) is 0 Å². The van der Waals surface area contributed by atoms with Crippen molar-refractivity contribution in [2.45, 2.75) is 25.5 Å². The lowest BCUT2D eigenvalue weighted by Crippen LogP contribution is -2.18. The summed E-state index contributed by atoms with van der Waals surface area (Å²) in [6.07, 6.45) is 1.12. The van der Waals surface area contributed by atoms with Crippen molar-refractivity contribution in [1.82, 2.24) is 0 Å². The monoisotopic (exact) mass is 227 g/mol. The van der Waals surface area contributed by atoms with E-state index < -0.39 is 24.9 Å². The third-order valence-electron chi connectivity index (χ3n) is 1.54. The average Bonchev–Trinajstić information content (AvgIpc) is 1.82.